The number of carbonyl (C=O) groups is 3. The molecular formula is C22H12Cl2FN3O6S. The second-order valence-electron chi connectivity index (χ2n) is 7.07. The Morgan fingerprint density at radius 1 is 1.17 bits per heavy atom. The van der Waals surface area contributed by atoms with Crippen LogP contribution in [0.2, 0.25) is 10.0 Å². The predicted molar refractivity (Wildman–Crippen MR) is 129 cm³/mol. The van der Waals surface area contributed by atoms with Crippen molar-refractivity contribution in [2.75, 3.05) is 11.9 Å². The van der Waals surface area contributed by atoms with Gasteiger partial charge in [0.15, 0.2) is 0 Å². The van der Waals surface area contributed by atoms with E-state index in [1.165, 1.54) is 48.5 Å². The van der Waals surface area contributed by atoms with E-state index in [0.29, 0.717) is 11.8 Å². The Labute approximate surface area is 210 Å². The Hall–Kier alpha value is -3.67. The molecule has 1 aliphatic rings. The second kappa shape index (κ2) is 9.90. The van der Waals surface area contributed by atoms with Gasteiger partial charge in [-0.3, -0.25) is 29.4 Å². The van der Waals surface area contributed by atoms with Crippen molar-refractivity contribution >= 4 is 69.5 Å². The number of benzene rings is 2. The van der Waals surface area contributed by atoms with Gasteiger partial charge in [-0.1, -0.05) is 29.3 Å². The molecule has 0 bridgehead atoms. The van der Waals surface area contributed by atoms with Gasteiger partial charge in [0.25, 0.3) is 16.8 Å². The molecule has 35 heavy (non-hydrogen) atoms. The largest absolute Gasteiger partial charge is 0.457 e. The lowest BCUT2D eigenvalue weighted by Crippen LogP contribution is -2.36. The van der Waals surface area contributed by atoms with Crippen molar-refractivity contribution in [3.8, 4) is 11.3 Å². The SMILES string of the molecule is O=C(CN1C(=O)S/C(=C/c2ccc(-c3cc([N+](=O)[O-])c(Cl)cc3Cl)o2)C1=O)Nc1cccc(F)c1. The van der Waals surface area contributed by atoms with Crippen LogP contribution in [0.1, 0.15) is 5.76 Å². The van der Waals surface area contributed by atoms with E-state index in [2.05, 4.69) is 5.32 Å². The maximum atomic E-state index is 13.3. The Bertz CT molecular complexity index is 1420. The van der Waals surface area contributed by atoms with Crippen molar-refractivity contribution in [2.24, 2.45) is 0 Å². The van der Waals surface area contributed by atoms with Crippen molar-refractivity contribution < 1.29 is 28.1 Å². The summed E-state index contributed by atoms with van der Waals surface area (Å²) in [5.74, 6) is -1.60. The third kappa shape index (κ3) is 5.37. The lowest BCUT2D eigenvalue weighted by Gasteiger charge is -2.12. The summed E-state index contributed by atoms with van der Waals surface area (Å²) < 4.78 is 18.9. The first kappa shape index (κ1) is 24.5. The van der Waals surface area contributed by atoms with Crippen LogP contribution in [0.3, 0.4) is 0 Å². The van der Waals surface area contributed by atoms with Gasteiger partial charge in [-0.25, -0.2) is 4.39 Å². The zero-order valence-electron chi connectivity index (χ0n) is 17.3. The number of furan rings is 1. The molecule has 3 aromatic rings. The van der Waals surface area contributed by atoms with E-state index in [9.17, 15) is 28.9 Å². The van der Waals surface area contributed by atoms with Gasteiger partial charge in [-0.15, -0.1) is 0 Å². The first-order valence-electron chi connectivity index (χ1n) is 9.67. The predicted octanol–water partition coefficient (Wildman–Crippen LogP) is 5.98. The monoisotopic (exact) mass is 535 g/mol. The van der Waals surface area contributed by atoms with E-state index in [1.54, 1.807) is 0 Å². The molecule has 0 radical (unpaired) electrons. The minimum absolute atomic E-state index is 0.00244. The van der Waals surface area contributed by atoms with E-state index in [1.807, 2.05) is 0 Å². The van der Waals surface area contributed by atoms with E-state index in [4.69, 9.17) is 27.6 Å². The average Bonchev–Trinajstić information content (AvgIpc) is 3.33. The van der Waals surface area contributed by atoms with Crippen LogP contribution in [0.15, 0.2) is 57.9 Å². The molecule has 0 unspecified atom stereocenters. The van der Waals surface area contributed by atoms with Gasteiger partial charge in [0.05, 0.1) is 14.9 Å². The molecule has 1 fully saturated rings. The molecule has 1 N–H and O–H groups in total. The standard InChI is InChI=1S/C22H12Cl2FN3O6S/c23-15-9-16(24)17(28(32)33)8-14(15)18-5-4-13(34-18)7-19-21(30)27(22(31)35-19)10-20(29)26-12-3-1-2-11(25)6-12/h1-9H,10H2,(H,26,29)/b19-7+. The first-order chi connectivity index (χ1) is 16.6. The van der Waals surface area contributed by atoms with Gasteiger partial charge in [0.2, 0.25) is 5.91 Å². The van der Waals surface area contributed by atoms with Crippen molar-refractivity contribution in [2.45, 2.75) is 0 Å². The smallest absolute Gasteiger partial charge is 0.294 e. The number of imide groups is 1. The number of hydrogen-bond donors (Lipinski definition) is 1. The Morgan fingerprint density at radius 3 is 2.66 bits per heavy atom. The number of nitrogens with zero attached hydrogens (tertiary/aromatic N) is 2. The van der Waals surface area contributed by atoms with Gasteiger partial charge in [0, 0.05) is 23.4 Å². The van der Waals surface area contributed by atoms with Crippen molar-refractivity contribution in [3.63, 3.8) is 0 Å². The maximum absolute atomic E-state index is 13.3. The topological polar surface area (TPSA) is 123 Å². The van der Waals surface area contributed by atoms with Crippen LogP contribution in [0.25, 0.3) is 17.4 Å². The summed E-state index contributed by atoms with van der Waals surface area (Å²) in [6.45, 7) is -0.564. The van der Waals surface area contributed by atoms with Crippen LogP contribution >= 0.6 is 35.0 Å². The number of halogens is 3. The van der Waals surface area contributed by atoms with Crippen LogP contribution in [-0.4, -0.2) is 33.4 Å². The molecule has 1 saturated heterocycles. The number of thioether (sulfide) groups is 1. The van der Waals surface area contributed by atoms with E-state index < -0.39 is 34.3 Å². The fourth-order valence-electron chi connectivity index (χ4n) is 3.12. The Balaban J connectivity index is 1.50. The highest BCUT2D eigenvalue weighted by Crippen LogP contribution is 2.38. The Morgan fingerprint density at radius 2 is 1.94 bits per heavy atom. The molecule has 0 aliphatic carbocycles. The van der Waals surface area contributed by atoms with Gasteiger partial charge < -0.3 is 9.73 Å². The number of anilines is 1. The number of rotatable bonds is 6. The van der Waals surface area contributed by atoms with Crippen LogP contribution in [0.4, 0.5) is 20.6 Å². The zero-order valence-corrected chi connectivity index (χ0v) is 19.6. The fraction of sp³-hybridized carbons (Fsp3) is 0.0455. The van der Waals surface area contributed by atoms with Gasteiger partial charge in [-0.05, 0) is 48.2 Å². The van der Waals surface area contributed by atoms with Crippen molar-refractivity contribution in [3.05, 3.63) is 85.2 Å². The normalized spacial score (nSPS) is 14.6. The summed E-state index contributed by atoms with van der Waals surface area (Å²) in [6, 6.07) is 10.5. The fourth-order valence-corrected chi connectivity index (χ4v) is 4.48. The molecule has 1 aliphatic heterocycles. The summed E-state index contributed by atoms with van der Waals surface area (Å²) in [5, 5.41) is 12.9. The molecule has 0 spiro atoms. The molecular weight excluding hydrogens is 524 g/mol. The summed E-state index contributed by atoms with van der Waals surface area (Å²) >= 11 is 12.6. The third-order valence-corrected chi connectivity index (χ3v) is 6.21. The molecule has 2 aromatic carbocycles. The van der Waals surface area contributed by atoms with Crippen molar-refractivity contribution in [1.82, 2.24) is 4.90 Å². The molecule has 1 aromatic heterocycles. The number of nitro benzene ring substituents is 1. The minimum Gasteiger partial charge on any atom is -0.457 e. The summed E-state index contributed by atoms with van der Waals surface area (Å²) in [5.41, 5.74) is 0.0351. The molecule has 13 heteroatoms. The molecule has 4 rings (SSSR count). The third-order valence-electron chi connectivity index (χ3n) is 4.68. The van der Waals surface area contributed by atoms with Gasteiger partial charge in [0.1, 0.15) is 28.9 Å². The number of carbonyl (C=O) groups excluding carboxylic acids is 3. The maximum Gasteiger partial charge on any atom is 0.294 e. The molecule has 9 nitrogen and oxygen atoms in total. The number of hydrogen-bond acceptors (Lipinski definition) is 7. The quantitative estimate of drug-likeness (QED) is 0.234. The Kier molecular flexibility index (Phi) is 6.92. The number of nitrogens with one attached hydrogen (secondary N) is 1. The summed E-state index contributed by atoms with van der Waals surface area (Å²) in [6.07, 6.45) is 1.30. The molecule has 0 saturated carbocycles. The van der Waals surface area contributed by atoms with Crippen LogP contribution in [0, 0.1) is 15.9 Å². The van der Waals surface area contributed by atoms with E-state index >= 15 is 0 Å². The summed E-state index contributed by atoms with van der Waals surface area (Å²) in [4.78, 5) is 48.4. The van der Waals surface area contributed by atoms with Gasteiger partial charge >= 0.3 is 0 Å². The van der Waals surface area contributed by atoms with Crippen LogP contribution in [0.5, 0.6) is 0 Å². The molecule has 0 atom stereocenters. The highest BCUT2D eigenvalue weighted by Gasteiger charge is 2.36. The highest BCUT2D eigenvalue weighted by atomic mass is 35.5. The lowest BCUT2D eigenvalue weighted by atomic mass is 10.1. The second-order valence-corrected chi connectivity index (χ2v) is 8.88. The molecule has 3 amide bonds. The highest BCUT2D eigenvalue weighted by molar-refractivity contribution is 8.18. The average molecular weight is 536 g/mol. The number of amides is 3. The van der Waals surface area contributed by atoms with Crippen molar-refractivity contribution in [1.29, 1.82) is 0 Å². The first-order valence-corrected chi connectivity index (χ1v) is 11.2. The van der Waals surface area contributed by atoms with E-state index in [-0.39, 0.29) is 43.4 Å². The molecule has 2 heterocycles. The van der Waals surface area contributed by atoms with Gasteiger partial charge in [-0.2, -0.15) is 0 Å². The molecule has 178 valence electrons. The van der Waals surface area contributed by atoms with E-state index in [0.717, 1.165) is 11.0 Å². The lowest BCUT2D eigenvalue weighted by molar-refractivity contribution is -0.384. The minimum atomic E-state index is -0.715. The number of nitro groups is 1. The van der Waals surface area contributed by atoms with Crippen LogP contribution in [-0.2, 0) is 9.59 Å². The van der Waals surface area contributed by atoms with Crippen LogP contribution < -0.4 is 5.32 Å². The summed E-state index contributed by atoms with van der Waals surface area (Å²) in [7, 11) is 0. The zero-order chi connectivity index (χ0) is 25.3.